The largest absolute Gasteiger partial charge is 0.362 e. The molecule has 0 saturated heterocycles. The van der Waals surface area contributed by atoms with Gasteiger partial charge in [0.1, 0.15) is 6.17 Å². The van der Waals surface area contributed by atoms with Crippen LogP contribution in [0, 0.1) is 3.57 Å². The normalized spacial score (nSPS) is 12.6. The van der Waals surface area contributed by atoms with Gasteiger partial charge in [-0.3, -0.25) is 4.79 Å². The van der Waals surface area contributed by atoms with E-state index in [1.807, 2.05) is 6.07 Å². The minimum atomic E-state index is -1.79. The van der Waals surface area contributed by atoms with Gasteiger partial charge in [-0.25, -0.2) is 0 Å². The summed E-state index contributed by atoms with van der Waals surface area (Å²) in [5, 5.41) is 6.33. The van der Waals surface area contributed by atoms with Crippen molar-refractivity contribution < 1.29 is 4.79 Å². The number of rotatable bonds is 4. The summed E-state index contributed by atoms with van der Waals surface area (Å²) in [6, 6.07) is 11.9. The van der Waals surface area contributed by atoms with Crippen LogP contribution in [0.4, 0.5) is 5.69 Å². The Hall–Kier alpha value is -0.110. The maximum atomic E-state index is 12.4. The Morgan fingerprint density at radius 3 is 2.33 bits per heavy atom. The highest BCUT2D eigenvalue weighted by atomic mass is 127. The van der Waals surface area contributed by atoms with Gasteiger partial charge >= 0.3 is 0 Å². The Balaban J connectivity index is 2.19. The van der Waals surface area contributed by atoms with E-state index >= 15 is 0 Å². The van der Waals surface area contributed by atoms with Gasteiger partial charge in [-0.05, 0) is 59.0 Å². The van der Waals surface area contributed by atoms with Crippen LogP contribution in [0.3, 0.4) is 0 Å². The van der Waals surface area contributed by atoms with Gasteiger partial charge in [0.05, 0.1) is 10.0 Å². The van der Waals surface area contributed by atoms with Crippen molar-refractivity contribution in [1.82, 2.24) is 5.32 Å². The molecule has 0 spiro atoms. The van der Waals surface area contributed by atoms with Crippen LogP contribution in [0.2, 0.25) is 10.0 Å². The first kappa shape index (κ1) is 20.2. The van der Waals surface area contributed by atoms with Crippen molar-refractivity contribution in [2.75, 3.05) is 5.32 Å². The van der Waals surface area contributed by atoms with E-state index in [1.165, 1.54) is 0 Å². The third-order valence-corrected chi connectivity index (χ3v) is 4.98. The van der Waals surface area contributed by atoms with Gasteiger partial charge in [-0.2, -0.15) is 0 Å². The number of anilines is 1. The molecule has 0 bridgehead atoms. The summed E-state index contributed by atoms with van der Waals surface area (Å²) in [6.07, 6.45) is -0.981. The lowest BCUT2D eigenvalue weighted by Gasteiger charge is -2.27. The zero-order valence-corrected chi connectivity index (χ0v) is 17.7. The lowest BCUT2D eigenvalue weighted by atomic mass is 10.2. The number of hydrogen-bond donors (Lipinski definition) is 2. The van der Waals surface area contributed by atoms with Crippen molar-refractivity contribution in [3.8, 4) is 0 Å². The molecule has 0 aliphatic heterocycles. The van der Waals surface area contributed by atoms with Crippen LogP contribution < -0.4 is 10.6 Å². The number of alkyl halides is 3. The molecule has 3 nitrogen and oxygen atoms in total. The van der Waals surface area contributed by atoms with Crippen molar-refractivity contribution in [3.63, 3.8) is 0 Å². The second-order valence-electron chi connectivity index (χ2n) is 4.73. The third kappa shape index (κ3) is 5.71. The van der Waals surface area contributed by atoms with Crippen molar-refractivity contribution >= 4 is 92.2 Å². The third-order valence-electron chi connectivity index (χ3n) is 2.92. The first-order chi connectivity index (χ1) is 11.2. The molecule has 0 radical (unpaired) electrons. The quantitative estimate of drug-likeness (QED) is 0.279. The van der Waals surface area contributed by atoms with Crippen LogP contribution in [-0.4, -0.2) is 15.9 Å². The molecule has 9 heteroatoms. The molecule has 0 aromatic heterocycles. The fraction of sp³-hybridized carbons (Fsp3) is 0.133. The van der Waals surface area contributed by atoms with Gasteiger partial charge in [0.15, 0.2) is 0 Å². The number of halogens is 6. The molecule has 2 aromatic rings. The Labute approximate surface area is 178 Å². The van der Waals surface area contributed by atoms with Crippen LogP contribution in [0.1, 0.15) is 10.4 Å². The van der Waals surface area contributed by atoms with Gasteiger partial charge in [0, 0.05) is 14.8 Å². The minimum Gasteiger partial charge on any atom is -0.362 e. The van der Waals surface area contributed by atoms with Crippen LogP contribution in [0.15, 0.2) is 42.5 Å². The first-order valence-corrected chi connectivity index (χ1v) is 9.48. The Kier molecular flexibility index (Phi) is 7.17. The maximum absolute atomic E-state index is 12.4. The molecule has 24 heavy (non-hydrogen) atoms. The topological polar surface area (TPSA) is 41.1 Å². The SMILES string of the molecule is O=C(N[C@H](Nc1ccc(Cl)c(Cl)c1)C(Cl)(Cl)Cl)c1cccc(I)c1. The number of amides is 1. The van der Waals surface area contributed by atoms with Gasteiger partial charge < -0.3 is 10.6 Å². The summed E-state index contributed by atoms with van der Waals surface area (Å²) in [6.45, 7) is 0. The monoisotopic (exact) mass is 536 g/mol. The van der Waals surface area contributed by atoms with Crippen molar-refractivity contribution in [3.05, 3.63) is 61.6 Å². The lowest BCUT2D eigenvalue weighted by Crippen LogP contribution is -2.49. The molecule has 0 heterocycles. The molecule has 0 aliphatic carbocycles. The minimum absolute atomic E-state index is 0.341. The molecule has 1 amide bonds. The highest BCUT2D eigenvalue weighted by molar-refractivity contribution is 14.1. The Morgan fingerprint density at radius 2 is 1.75 bits per heavy atom. The van der Waals surface area contributed by atoms with Crippen LogP contribution in [0.5, 0.6) is 0 Å². The second-order valence-corrected chi connectivity index (χ2v) is 9.16. The fourth-order valence-corrected chi connectivity index (χ4v) is 2.96. The first-order valence-electron chi connectivity index (χ1n) is 6.51. The number of nitrogens with one attached hydrogen (secondary N) is 2. The van der Waals surface area contributed by atoms with E-state index in [-0.39, 0.29) is 5.91 Å². The standard InChI is InChI=1S/C15H10Cl5IN2O/c16-11-5-4-10(7-12(11)17)22-14(15(18,19)20)23-13(24)8-2-1-3-9(21)6-8/h1-7,14,22H,(H,23,24)/t14-/m0/s1. The molecule has 0 unspecified atom stereocenters. The molecule has 0 aliphatic rings. The zero-order valence-electron chi connectivity index (χ0n) is 11.8. The van der Waals surface area contributed by atoms with Crippen molar-refractivity contribution in [2.24, 2.45) is 0 Å². The Morgan fingerprint density at radius 1 is 1.04 bits per heavy atom. The van der Waals surface area contributed by atoms with E-state index in [2.05, 4.69) is 33.2 Å². The molecule has 2 rings (SSSR count). The fourth-order valence-electron chi connectivity index (χ4n) is 1.80. The van der Waals surface area contributed by atoms with E-state index in [0.29, 0.717) is 21.3 Å². The average molecular weight is 538 g/mol. The van der Waals surface area contributed by atoms with Gasteiger partial charge in [0.2, 0.25) is 3.79 Å². The smallest absolute Gasteiger partial charge is 0.253 e. The molecule has 2 N–H and O–H groups in total. The predicted molar refractivity (Wildman–Crippen MR) is 111 cm³/mol. The van der Waals surface area contributed by atoms with E-state index in [0.717, 1.165) is 3.57 Å². The molecule has 0 fully saturated rings. The van der Waals surface area contributed by atoms with E-state index in [9.17, 15) is 4.79 Å². The van der Waals surface area contributed by atoms with Crippen molar-refractivity contribution in [1.29, 1.82) is 0 Å². The van der Waals surface area contributed by atoms with E-state index in [4.69, 9.17) is 58.0 Å². The van der Waals surface area contributed by atoms with Gasteiger partial charge in [0.25, 0.3) is 5.91 Å². The van der Waals surface area contributed by atoms with Crippen LogP contribution >= 0.6 is 80.6 Å². The van der Waals surface area contributed by atoms with E-state index < -0.39 is 9.96 Å². The summed E-state index contributed by atoms with van der Waals surface area (Å²) >= 11 is 31.9. The highest BCUT2D eigenvalue weighted by Crippen LogP contribution is 2.32. The lowest BCUT2D eigenvalue weighted by molar-refractivity contribution is 0.0942. The molecule has 0 saturated carbocycles. The maximum Gasteiger partial charge on any atom is 0.253 e. The number of benzene rings is 2. The molecule has 2 aromatic carbocycles. The highest BCUT2D eigenvalue weighted by Gasteiger charge is 2.34. The van der Waals surface area contributed by atoms with Gasteiger partial charge in [-0.15, -0.1) is 0 Å². The summed E-state index contributed by atoms with van der Waals surface area (Å²) in [7, 11) is 0. The number of carbonyl (C=O) groups excluding carboxylic acids is 1. The molecular formula is C15H10Cl5IN2O. The summed E-state index contributed by atoms with van der Waals surface area (Å²) < 4.78 is -0.868. The van der Waals surface area contributed by atoms with Crippen LogP contribution in [0.25, 0.3) is 0 Å². The number of hydrogen-bond acceptors (Lipinski definition) is 2. The van der Waals surface area contributed by atoms with Crippen molar-refractivity contribution in [2.45, 2.75) is 9.96 Å². The average Bonchev–Trinajstić information content (AvgIpc) is 2.49. The Bertz CT molecular complexity index is 751. The van der Waals surface area contributed by atoms with E-state index in [1.54, 1.807) is 36.4 Å². The molecule has 1 atom stereocenters. The summed E-state index contributed by atoms with van der Waals surface area (Å²) in [4.78, 5) is 12.4. The number of carbonyl (C=O) groups is 1. The van der Waals surface area contributed by atoms with Crippen LogP contribution in [-0.2, 0) is 0 Å². The zero-order chi connectivity index (χ0) is 17.9. The predicted octanol–water partition coefficient (Wildman–Crippen LogP) is 6.14. The molecule has 128 valence electrons. The summed E-state index contributed by atoms with van der Waals surface area (Å²) in [5.41, 5.74) is 1.00. The molecular weight excluding hydrogens is 528 g/mol. The second kappa shape index (κ2) is 8.52. The van der Waals surface area contributed by atoms with Gasteiger partial charge in [-0.1, -0.05) is 64.1 Å². The summed E-state index contributed by atoms with van der Waals surface area (Å²) in [5.74, 6) is -0.377.